The zero-order valence-corrected chi connectivity index (χ0v) is 14.1. The van der Waals surface area contributed by atoms with Crippen molar-refractivity contribution in [3.8, 4) is 0 Å². The van der Waals surface area contributed by atoms with E-state index in [-0.39, 0.29) is 37.1 Å². The molecule has 1 N–H and O–H groups in total. The Morgan fingerprint density at radius 3 is 1.57 bits per heavy atom. The van der Waals surface area contributed by atoms with Crippen LogP contribution in [0.4, 0.5) is 0 Å². The molecule has 0 rings (SSSR count). The fourth-order valence-corrected chi connectivity index (χ4v) is 0.221. The molecule has 7 nitrogen and oxygen atoms in total. The Labute approximate surface area is 146 Å². The van der Waals surface area contributed by atoms with Gasteiger partial charge in [-0.15, -0.1) is 0 Å². The van der Waals surface area contributed by atoms with Gasteiger partial charge in [-0.3, -0.25) is 14.4 Å². The summed E-state index contributed by atoms with van der Waals surface area (Å²) in [6.07, 6.45) is 9.63. The second-order valence-electron chi connectivity index (χ2n) is 2.36. The predicted molar refractivity (Wildman–Crippen MR) is 70.7 cm³/mol. The number of hydrogen-bond donors (Lipinski definition) is 1. The van der Waals surface area contributed by atoms with Crippen molar-refractivity contribution in [2.24, 2.45) is 0 Å². The molecule has 21 heavy (non-hydrogen) atoms. The number of rotatable bonds is 4. The molecule has 8 heteroatoms. The van der Waals surface area contributed by atoms with Crippen molar-refractivity contribution in [1.82, 2.24) is 0 Å². The number of allylic oxidation sites excluding steroid dienone is 5. The van der Waals surface area contributed by atoms with Crippen LogP contribution >= 0.6 is 0 Å². The van der Waals surface area contributed by atoms with Gasteiger partial charge in [-0.1, -0.05) is 24.8 Å². The molecule has 0 unspecified atom stereocenters. The van der Waals surface area contributed by atoms with E-state index >= 15 is 0 Å². The molecule has 0 aliphatic rings. The first-order valence-corrected chi connectivity index (χ1v) is 4.91. The molecular formula is C13H17NaO7. The molecule has 0 aromatic carbocycles. The van der Waals surface area contributed by atoms with Crippen LogP contribution in [-0.4, -0.2) is 35.6 Å². The summed E-state index contributed by atoms with van der Waals surface area (Å²) in [6.45, 7) is 6.01. The van der Waals surface area contributed by atoms with Crippen molar-refractivity contribution in [3.05, 3.63) is 37.0 Å². The fourth-order valence-electron chi connectivity index (χ4n) is 0.221. The van der Waals surface area contributed by atoms with Gasteiger partial charge in [0.1, 0.15) is 12.6 Å². The second kappa shape index (κ2) is 36.1. The van der Waals surface area contributed by atoms with Gasteiger partial charge < -0.3 is 6.53 Å². The third-order valence-corrected chi connectivity index (χ3v) is 0.891. The molecule has 112 valence electrons. The molecule has 0 spiro atoms. The number of aliphatic carboxylic acids is 1. The standard InChI is InChI=1S/C6H8O.C3H4O3.C3H4O.CO2.Na.H/c1-2-3-4-5-6-7;1-2(4)3(5)6;1-2-3-4;2-1-3;;/h2-6H,1H3;1H3,(H,5,6);2-3H,1H2;;;/q;;;;+1;-1/b3-2+,5-4+;;;;;. The van der Waals surface area contributed by atoms with Gasteiger partial charge in [0.25, 0.3) is 0 Å². The van der Waals surface area contributed by atoms with Crippen LogP contribution < -0.4 is 29.6 Å². The summed E-state index contributed by atoms with van der Waals surface area (Å²) in [6, 6.07) is 0. The quantitative estimate of drug-likeness (QED) is 0.207. The van der Waals surface area contributed by atoms with Crippen molar-refractivity contribution in [3.63, 3.8) is 0 Å². The van der Waals surface area contributed by atoms with Crippen molar-refractivity contribution in [2.75, 3.05) is 0 Å². The molecule has 0 aliphatic carbocycles. The minimum atomic E-state index is -1.38. The third kappa shape index (κ3) is 93.3. The largest absolute Gasteiger partial charge is 1.00 e. The molecule has 0 amide bonds. The fraction of sp³-hybridized carbons (Fsp3) is 0.154. The summed E-state index contributed by atoms with van der Waals surface area (Å²) in [5, 5.41) is 7.64. The second-order valence-corrected chi connectivity index (χ2v) is 2.36. The van der Waals surface area contributed by atoms with E-state index in [2.05, 4.69) is 6.58 Å². The Kier molecular flexibility index (Phi) is 54.1. The van der Waals surface area contributed by atoms with Gasteiger partial charge in [0.05, 0.1) is 0 Å². The van der Waals surface area contributed by atoms with E-state index in [0.29, 0.717) is 6.29 Å². The van der Waals surface area contributed by atoms with Crippen LogP contribution in [0, 0.1) is 0 Å². The average Bonchev–Trinajstić information content (AvgIpc) is 2.41. The molecule has 0 saturated carbocycles. The minimum absolute atomic E-state index is 0. The van der Waals surface area contributed by atoms with E-state index in [1.165, 1.54) is 12.2 Å². The smallest absolute Gasteiger partial charge is 1.00 e. The van der Waals surface area contributed by atoms with E-state index in [1.807, 2.05) is 13.0 Å². The van der Waals surface area contributed by atoms with Crippen LogP contribution in [-0.2, 0) is 28.8 Å². The third-order valence-electron chi connectivity index (χ3n) is 0.891. The van der Waals surface area contributed by atoms with E-state index < -0.39 is 11.8 Å². The van der Waals surface area contributed by atoms with Gasteiger partial charge in [-0.2, -0.15) is 9.59 Å². The number of ketones is 1. The maximum absolute atomic E-state index is 9.56. The Bertz CT molecular complexity index is 366. The number of carboxylic acid groups (broad SMARTS) is 1. The molecule has 0 saturated heterocycles. The van der Waals surface area contributed by atoms with Crippen molar-refractivity contribution in [2.45, 2.75) is 13.8 Å². The Balaban J connectivity index is -0.0000000394. The number of carbonyl (C=O) groups excluding carboxylic acids is 5. The average molecular weight is 308 g/mol. The Hall–Kier alpha value is -1.92. The topological polar surface area (TPSA) is 123 Å². The summed E-state index contributed by atoms with van der Waals surface area (Å²) >= 11 is 0. The summed E-state index contributed by atoms with van der Waals surface area (Å²) < 4.78 is 0. The monoisotopic (exact) mass is 308 g/mol. The molecule has 0 radical (unpaired) electrons. The van der Waals surface area contributed by atoms with Crippen molar-refractivity contribution in [1.29, 1.82) is 0 Å². The van der Waals surface area contributed by atoms with Crippen LogP contribution in [0.3, 0.4) is 0 Å². The maximum Gasteiger partial charge on any atom is 1.00 e. The minimum Gasteiger partial charge on any atom is -1.00 e. The molecule has 0 aromatic heterocycles. The molecule has 0 bridgehead atoms. The first-order chi connectivity index (χ1) is 9.39. The van der Waals surface area contributed by atoms with Crippen LogP contribution in [0.5, 0.6) is 0 Å². The van der Waals surface area contributed by atoms with Crippen LogP contribution in [0.15, 0.2) is 37.0 Å². The van der Waals surface area contributed by atoms with Crippen molar-refractivity contribution >= 4 is 30.5 Å². The molecule has 0 heterocycles. The van der Waals surface area contributed by atoms with Gasteiger partial charge in [-0.05, 0) is 19.1 Å². The van der Waals surface area contributed by atoms with E-state index in [9.17, 15) is 14.4 Å². The van der Waals surface area contributed by atoms with Gasteiger partial charge in [-0.25, -0.2) is 4.79 Å². The number of carboxylic acids is 1. The zero-order valence-electron chi connectivity index (χ0n) is 13.1. The first kappa shape index (κ1) is 31.5. The van der Waals surface area contributed by atoms with E-state index in [0.717, 1.165) is 13.2 Å². The zero-order chi connectivity index (χ0) is 16.8. The van der Waals surface area contributed by atoms with Gasteiger partial charge in [0, 0.05) is 6.92 Å². The maximum atomic E-state index is 9.56. The van der Waals surface area contributed by atoms with Gasteiger partial charge in [0.2, 0.25) is 5.78 Å². The van der Waals surface area contributed by atoms with Gasteiger partial charge >= 0.3 is 41.7 Å². The Morgan fingerprint density at radius 1 is 1.10 bits per heavy atom. The number of hydrogen-bond acceptors (Lipinski definition) is 6. The summed E-state index contributed by atoms with van der Waals surface area (Å²) in [5.74, 6) is -2.20. The van der Waals surface area contributed by atoms with E-state index in [4.69, 9.17) is 19.5 Å². The molecule has 0 atom stereocenters. The Morgan fingerprint density at radius 2 is 1.43 bits per heavy atom. The normalized spacial score (nSPS) is 7.14. The van der Waals surface area contributed by atoms with Gasteiger partial charge in [0.15, 0.2) is 0 Å². The summed E-state index contributed by atoms with van der Waals surface area (Å²) in [5.41, 5.74) is 0. The number of aldehydes is 2. The summed E-state index contributed by atoms with van der Waals surface area (Å²) in [4.78, 5) is 53.8. The van der Waals surface area contributed by atoms with Crippen LogP contribution in [0.1, 0.15) is 15.3 Å². The molecule has 0 aliphatic heterocycles. The number of carbonyl (C=O) groups is 4. The van der Waals surface area contributed by atoms with Crippen molar-refractivity contribution < 1.29 is 64.9 Å². The summed E-state index contributed by atoms with van der Waals surface area (Å²) in [7, 11) is 0. The SMILES string of the molecule is C/C=C/C=C/C=O.C=CC=O.CC(=O)C(=O)O.O=C=O.[H-].[Na+]. The van der Waals surface area contributed by atoms with E-state index in [1.54, 1.807) is 12.2 Å². The molecule has 0 aromatic rings. The van der Waals surface area contributed by atoms with Crippen LogP contribution in [0.25, 0.3) is 0 Å². The predicted octanol–water partition coefficient (Wildman–Crippen LogP) is -2.12. The molecule has 0 fully saturated rings. The van der Waals surface area contributed by atoms with Crippen LogP contribution in [0.2, 0.25) is 0 Å². The number of Topliss-reactive ketones (excluding diaryl/α,β-unsaturated/α-hetero) is 1. The first-order valence-electron chi connectivity index (χ1n) is 4.91. The molecular weight excluding hydrogens is 291 g/mol.